The molecule has 2 rings (SSSR count). The van der Waals surface area contributed by atoms with Crippen molar-refractivity contribution in [1.29, 1.82) is 0 Å². The molecular weight excluding hydrogens is 302 g/mol. The van der Waals surface area contributed by atoms with Gasteiger partial charge in [-0.25, -0.2) is 4.98 Å². The highest BCUT2D eigenvalue weighted by molar-refractivity contribution is 7.11. The van der Waals surface area contributed by atoms with Crippen molar-refractivity contribution in [3.63, 3.8) is 0 Å². The van der Waals surface area contributed by atoms with Crippen molar-refractivity contribution in [2.45, 2.75) is 32.7 Å². The van der Waals surface area contributed by atoms with E-state index in [1.54, 1.807) is 16.2 Å². The lowest BCUT2D eigenvalue weighted by molar-refractivity contribution is -0.144. The molecule has 0 bridgehead atoms. The van der Waals surface area contributed by atoms with Gasteiger partial charge in [0.15, 0.2) is 0 Å². The van der Waals surface area contributed by atoms with E-state index in [4.69, 9.17) is 4.74 Å². The minimum atomic E-state index is -0.0118. The Labute approximate surface area is 135 Å². The van der Waals surface area contributed by atoms with Crippen LogP contribution in [0.15, 0.2) is 6.20 Å². The predicted octanol–water partition coefficient (Wildman–Crippen LogP) is 1.09. The normalized spacial score (nSPS) is 18.6. The number of carbonyl (C=O) groups is 2. The molecule has 7 heteroatoms. The summed E-state index contributed by atoms with van der Waals surface area (Å²) in [5.74, 6) is 0.138. The Hall–Kier alpha value is -1.47. The van der Waals surface area contributed by atoms with Gasteiger partial charge in [0.05, 0.1) is 5.01 Å². The zero-order valence-electron chi connectivity index (χ0n) is 13.4. The molecule has 2 amide bonds. The van der Waals surface area contributed by atoms with Crippen molar-refractivity contribution < 1.29 is 14.3 Å². The fourth-order valence-electron chi connectivity index (χ4n) is 2.67. The molecule has 1 atom stereocenters. The number of rotatable bonds is 5. The van der Waals surface area contributed by atoms with E-state index in [0.29, 0.717) is 26.1 Å². The van der Waals surface area contributed by atoms with Crippen LogP contribution in [-0.2, 0) is 20.7 Å². The summed E-state index contributed by atoms with van der Waals surface area (Å²) in [6.45, 7) is 5.81. The molecule has 0 saturated carbocycles. The number of aryl methyl sites for hydroxylation is 2. The molecule has 1 fully saturated rings. The van der Waals surface area contributed by atoms with Gasteiger partial charge in [0.2, 0.25) is 11.8 Å². The Morgan fingerprint density at radius 2 is 2.18 bits per heavy atom. The Morgan fingerprint density at radius 3 is 2.77 bits per heavy atom. The second kappa shape index (κ2) is 7.69. The fraction of sp³-hybridized carbons (Fsp3) is 0.667. The van der Waals surface area contributed by atoms with Gasteiger partial charge in [-0.15, -0.1) is 11.3 Å². The van der Waals surface area contributed by atoms with Gasteiger partial charge >= 0.3 is 0 Å². The average molecular weight is 325 g/mol. The van der Waals surface area contributed by atoms with Gasteiger partial charge in [-0.1, -0.05) is 0 Å². The minimum absolute atomic E-state index is 0.0118. The third-order valence-corrected chi connectivity index (χ3v) is 4.80. The first-order valence-electron chi connectivity index (χ1n) is 7.48. The summed E-state index contributed by atoms with van der Waals surface area (Å²) in [7, 11) is 1.52. The largest absolute Gasteiger partial charge is 0.375 e. The summed E-state index contributed by atoms with van der Waals surface area (Å²) in [5.41, 5.74) is 0. The van der Waals surface area contributed by atoms with Crippen LogP contribution in [0.5, 0.6) is 0 Å². The number of hydrogen-bond acceptors (Lipinski definition) is 5. The van der Waals surface area contributed by atoms with Crippen LogP contribution in [0.25, 0.3) is 0 Å². The van der Waals surface area contributed by atoms with Gasteiger partial charge in [-0.3, -0.25) is 9.59 Å². The van der Waals surface area contributed by atoms with Crippen LogP contribution < -0.4 is 0 Å². The third kappa shape index (κ3) is 4.27. The molecule has 0 aromatic carbocycles. The lowest BCUT2D eigenvalue weighted by atomic mass is 10.1. The van der Waals surface area contributed by atoms with Gasteiger partial charge in [0.25, 0.3) is 0 Å². The topological polar surface area (TPSA) is 62.7 Å². The van der Waals surface area contributed by atoms with Crippen molar-refractivity contribution in [2.24, 2.45) is 0 Å². The molecule has 1 aromatic heterocycles. The molecule has 0 N–H and O–H groups in total. The molecule has 122 valence electrons. The Balaban J connectivity index is 1.81. The average Bonchev–Trinajstić information content (AvgIpc) is 2.90. The Morgan fingerprint density at radius 1 is 1.41 bits per heavy atom. The highest BCUT2D eigenvalue weighted by Crippen LogP contribution is 2.16. The van der Waals surface area contributed by atoms with Crippen LogP contribution in [0.3, 0.4) is 0 Å². The molecule has 0 spiro atoms. The van der Waals surface area contributed by atoms with Crippen LogP contribution in [0.4, 0.5) is 0 Å². The zero-order valence-corrected chi connectivity index (χ0v) is 14.2. The molecular formula is C15H23N3O3S. The molecule has 22 heavy (non-hydrogen) atoms. The van der Waals surface area contributed by atoms with Gasteiger partial charge in [0, 0.05) is 50.3 Å². The first kappa shape index (κ1) is 16.9. The highest BCUT2D eigenvalue weighted by atomic mass is 32.1. The van der Waals surface area contributed by atoms with E-state index in [0.717, 1.165) is 16.3 Å². The van der Waals surface area contributed by atoms with E-state index in [1.165, 1.54) is 7.11 Å². The second-order valence-corrected chi connectivity index (χ2v) is 6.87. The summed E-state index contributed by atoms with van der Waals surface area (Å²) in [6, 6.07) is 0.0333. The van der Waals surface area contributed by atoms with Crippen molar-refractivity contribution in [3.8, 4) is 0 Å². The molecule has 6 nitrogen and oxygen atoms in total. The summed E-state index contributed by atoms with van der Waals surface area (Å²) in [4.78, 5) is 33.2. The molecule has 1 aliphatic heterocycles. The summed E-state index contributed by atoms with van der Waals surface area (Å²) < 4.78 is 4.89. The lowest BCUT2D eigenvalue weighted by Gasteiger charge is -2.39. The van der Waals surface area contributed by atoms with Gasteiger partial charge in [-0.05, 0) is 20.3 Å². The van der Waals surface area contributed by atoms with Crippen LogP contribution >= 0.6 is 11.3 Å². The van der Waals surface area contributed by atoms with Gasteiger partial charge in [-0.2, -0.15) is 0 Å². The van der Waals surface area contributed by atoms with Crippen LogP contribution in [0.1, 0.15) is 23.2 Å². The third-order valence-electron chi connectivity index (χ3n) is 3.82. The molecule has 1 aromatic rings. The van der Waals surface area contributed by atoms with E-state index in [2.05, 4.69) is 4.98 Å². The zero-order chi connectivity index (χ0) is 16.1. The summed E-state index contributed by atoms with van der Waals surface area (Å²) in [5, 5.41) is 1.03. The molecule has 1 aliphatic rings. The van der Waals surface area contributed by atoms with Crippen molar-refractivity contribution in [2.75, 3.05) is 33.4 Å². The number of carbonyl (C=O) groups excluding carboxylic acids is 2. The van der Waals surface area contributed by atoms with Crippen LogP contribution in [-0.4, -0.2) is 66.0 Å². The van der Waals surface area contributed by atoms with Gasteiger partial charge in [0.1, 0.15) is 6.61 Å². The van der Waals surface area contributed by atoms with Crippen molar-refractivity contribution >= 4 is 23.2 Å². The van der Waals surface area contributed by atoms with Gasteiger partial charge < -0.3 is 14.5 Å². The van der Waals surface area contributed by atoms with E-state index >= 15 is 0 Å². The van der Waals surface area contributed by atoms with E-state index in [1.807, 2.05) is 24.9 Å². The first-order valence-corrected chi connectivity index (χ1v) is 8.30. The van der Waals surface area contributed by atoms with Crippen LogP contribution in [0, 0.1) is 6.92 Å². The number of aromatic nitrogens is 1. The fourth-order valence-corrected chi connectivity index (χ4v) is 3.46. The SMILES string of the molecule is COCC(=O)N1CCN(C(=O)CCc2cnc(C)s2)CC1C. The molecule has 0 radical (unpaired) electrons. The monoisotopic (exact) mass is 325 g/mol. The molecule has 2 heterocycles. The number of thiazole rings is 1. The number of ether oxygens (including phenoxy) is 1. The van der Waals surface area contributed by atoms with E-state index in [-0.39, 0.29) is 24.5 Å². The van der Waals surface area contributed by atoms with Crippen molar-refractivity contribution in [1.82, 2.24) is 14.8 Å². The first-order chi connectivity index (χ1) is 10.5. The predicted molar refractivity (Wildman–Crippen MR) is 84.8 cm³/mol. The Kier molecular flexibility index (Phi) is 5.90. The molecule has 1 saturated heterocycles. The molecule has 1 unspecified atom stereocenters. The van der Waals surface area contributed by atoms with Crippen molar-refractivity contribution in [3.05, 3.63) is 16.1 Å². The van der Waals surface area contributed by atoms with Crippen LogP contribution in [0.2, 0.25) is 0 Å². The number of piperazine rings is 1. The number of nitrogens with zero attached hydrogens (tertiary/aromatic N) is 3. The van der Waals surface area contributed by atoms with E-state index in [9.17, 15) is 9.59 Å². The minimum Gasteiger partial charge on any atom is -0.375 e. The van der Waals surface area contributed by atoms with E-state index < -0.39 is 0 Å². The standard InChI is InChI=1S/C15H23N3O3S/c1-11-9-17(6-7-18(11)15(20)10-21-3)14(19)5-4-13-8-16-12(2)22-13/h8,11H,4-7,9-10H2,1-3H3. The highest BCUT2D eigenvalue weighted by Gasteiger charge is 2.29. The maximum absolute atomic E-state index is 12.3. The lowest BCUT2D eigenvalue weighted by Crippen LogP contribution is -2.56. The second-order valence-electron chi connectivity index (χ2n) is 5.55. The molecule has 0 aliphatic carbocycles. The number of methoxy groups -OCH3 is 1. The smallest absolute Gasteiger partial charge is 0.248 e. The number of hydrogen-bond donors (Lipinski definition) is 0. The quantitative estimate of drug-likeness (QED) is 0.813. The maximum Gasteiger partial charge on any atom is 0.248 e. The maximum atomic E-state index is 12.3. The number of amides is 2. The Bertz CT molecular complexity index is 532. The summed E-state index contributed by atoms with van der Waals surface area (Å²) >= 11 is 1.64. The summed E-state index contributed by atoms with van der Waals surface area (Å²) in [6.07, 6.45) is 3.08.